The maximum Gasteiger partial charge on any atom is 0.329 e. The van der Waals surface area contributed by atoms with Crippen LogP contribution < -0.4 is 5.32 Å². The summed E-state index contributed by atoms with van der Waals surface area (Å²) in [4.78, 5) is 24.4. The largest absolute Gasteiger partial charge is 0.480 e. The van der Waals surface area contributed by atoms with Crippen LogP contribution in [0.3, 0.4) is 0 Å². The summed E-state index contributed by atoms with van der Waals surface area (Å²) in [6.07, 6.45) is 0.453. The number of rotatable bonds is 4. The van der Waals surface area contributed by atoms with Crippen LogP contribution in [0.1, 0.15) is 23.2 Å². The van der Waals surface area contributed by atoms with Gasteiger partial charge in [-0.05, 0) is 23.3 Å². The van der Waals surface area contributed by atoms with E-state index in [2.05, 4.69) is 5.32 Å². The molecule has 0 atom stereocenters. The highest BCUT2D eigenvalue weighted by molar-refractivity contribution is 6.34. The molecule has 0 aliphatic carbocycles. The lowest BCUT2D eigenvalue weighted by atomic mass is 9.89. The quantitative estimate of drug-likeness (QED) is 0.877. The summed E-state index contributed by atoms with van der Waals surface area (Å²) in [5, 5.41) is 12.5. The van der Waals surface area contributed by atoms with Crippen LogP contribution in [0.4, 0.5) is 0 Å². The second-order valence-electron chi connectivity index (χ2n) is 6.01. The number of nitrogens with one attached hydrogen (secondary N) is 1. The van der Waals surface area contributed by atoms with Gasteiger partial charge in [-0.2, -0.15) is 0 Å². The highest BCUT2D eigenvalue weighted by Crippen LogP contribution is 2.27. The number of hydrogen-bond acceptors (Lipinski definition) is 3. The lowest BCUT2D eigenvalue weighted by Gasteiger charge is -2.34. The van der Waals surface area contributed by atoms with Crippen molar-refractivity contribution in [2.75, 3.05) is 13.2 Å². The van der Waals surface area contributed by atoms with Gasteiger partial charge >= 0.3 is 5.97 Å². The average molecular weight is 360 g/mol. The summed E-state index contributed by atoms with van der Waals surface area (Å²) in [5.74, 6) is -1.55. The van der Waals surface area contributed by atoms with Crippen LogP contribution in [0.15, 0.2) is 48.5 Å². The number of hydrogen-bond donors (Lipinski definition) is 2. The standard InChI is InChI=1S/C19H18ClNO4/c20-16-7-6-14(13-4-2-1-3-5-13)12-15(16)17(22)21-19(18(23)24)8-10-25-11-9-19/h1-7,12H,8-11H2,(H,21,22)(H,23,24). The van der Waals surface area contributed by atoms with Crippen LogP contribution in [-0.4, -0.2) is 35.7 Å². The van der Waals surface area contributed by atoms with E-state index in [9.17, 15) is 14.7 Å². The minimum absolute atomic E-state index is 0.226. The summed E-state index contributed by atoms with van der Waals surface area (Å²) in [6, 6.07) is 14.8. The molecule has 2 aromatic rings. The van der Waals surface area contributed by atoms with Crippen molar-refractivity contribution < 1.29 is 19.4 Å². The molecule has 0 unspecified atom stereocenters. The van der Waals surface area contributed by atoms with Gasteiger partial charge in [-0.1, -0.05) is 48.0 Å². The fraction of sp³-hybridized carbons (Fsp3) is 0.263. The molecule has 2 aromatic carbocycles. The van der Waals surface area contributed by atoms with Crippen LogP contribution in [0.5, 0.6) is 0 Å². The Hall–Kier alpha value is -2.37. The first-order valence-electron chi connectivity index (χ1n) is 8.00. The van der Waals surface area contributed by atoms with Gasteiger partial charge in [-0.25, -0.2) is 4.79 Å². The Labute approximate surface area is 150 Å². The zero-order valence-corrected chi connectivity index (χ0v) is 14.3. The molecule has 1 aliphatic heterocycles. The highest BCUT2D eigenvalue weighted by Gasteiger charge is 2.42. The van der Waals surface area contributed by atoms with Crippen molar-refractivity contribution in [2.24, 2.45) is 0 Å². The average Bonchev–Trinajstić information content (AvgIpc) is 2.63. The van der Waals surface area contributed by atoms with Crippen molar-refractivity contribution in [1.29, 1.82) is 0 Å². The van der Waals surface area contributed by atoms with Gasteiger partial charge in [0.2, 0.25) is 0 Å². The Morgan fingerprint density at radius 2 is 1.72 bits per heavy atom. The van der Waals surface area contributed by atoms with Crippen molar-refractivity contribution in [3.05, 3.63) is 59.1 Å². The summed E-state index contributed by atoms with van der Waals surface area (Å²) >= 11 is 6.19. The Bertz CT molecular complexity index is 785. The second-order valence-corrected chi connectivity index (χ2v) is 6.42. The van der Waals surface area contributed by atoms with Crippen LogP contribution in [0, 0.1) is 0 Å². The highest BCUT2D eigenvalue weighted by atomic mass is 35.5. The van der Waals surface area contributed by atoms with Crippen molar-refractivity contribution in [3.63, 3.8) is 0 Å². The van der Waals surface area contributed by atoms with Gasteiger partial charge in [0.25, 0.3) is 5.91 Å². The first-order valence-corrected chi connectivity index (χ1v) is 8.38. The molecule has 1 aliphatic rings. The molecule has 3 rings (SSSR count). The van der Waals surface area contributed by atoms with E-state index < -0.39 is 17.4 Å². The van der Waals surface area contributed by atoms with Gasteiger partial charge in [0.15, 0.2) is 0 Å². The minimum Gasteiger partial charge on any atom is -0.480 e. The van der Waals surface area contributed by atoms with Crippen LogP contribution in [0.2, 0.25) is 5.02 Å². The molecule has 6 heteroatoms. The molecule has 1 saturated heterocycles. The first kappa shape index (κ1) is 17.5. The molecule has 1 heterocycles. The van der Waals surface area contributed by atoms with Gasteiger partial charge in [-0.3, -0.25) is 4.79 Å². The topological polar surface area (TPSA) is 75.6 Å². The normalized spacial score (nSPS) is 16.2. The van der Waals surface area contributed by atoms with E-state index >= 15 is 0 Å². The number of amides is 1. The summed E-state index contributed by atoms with van der Waals surface area (Å²) < 4.78 is 5.22. The molecule has 1 fully saturated rings. The predicted octanol–water partition coefficient (Wildman–Crippen LogP) is 3.37. The fourth-order valence-electron chi connectivity index (χ4n) is 2.91. The fourth-order valence-corrected chi connectivity index (χ4v) is 3.11. The van der Waals surface area contributed by atoms with E-state index in [1.54, 1.807) is 12.1 Å². The number of aliphatic carboxylic acids is 1. The SMILES string of the molecule is O=C(NC1(C(=O)O)CCOCC1)c1cc(-c2ccccc2)ccc1Cl. The first-order chi connectivity index (χ1) is 12.0. The van der Waals surface area contributed by atoms with Crippen molar-refractivity contribution in [2.45, 2.75) is 18.4 Å². The zero-order chi connectivity index (χ0) is 17.9. The Morgan fingerprint density at radius 1 is 1.04 bits per heavy atom. The number of carbonyl (C=O) groups excluding carboxylic acids is 1. The Balaban J connectivity index is 1.90. The van der Waals surface area contributed by atoms with E-state index in [0.717, 1.165) is 11.1 Å². The predicted molar refractivity (Wildman–Crippen MR) is 94.8 cm³/mol. The maximum atomic E-state index is 12.7. The second kappa shape index (κ2) is 7.25. The van der Waals surface area contributed by atoms with Crippen LogP contribution in [-0.2, 0) is 9.53 Å². The third-order valence-electron chi connectivity index (χ3n) is 4.43. The van der Waals surface area contributed by atoms with Crippen molar-refractivity contribution in [3.8, 4) is 11.1 Å². The molecule has 0 bridgehead atoms. The van der Waals surface area contributed by atoms with E-state index in [0.29, 0.717) is 13.2 Å². The Morgan fingerprint density at radius 3 is 2.36 bits per heavy atom. The molecule has 1 amide bonds. The zero-order valence-electron chi connectivity index (χ0n) is 13.5. The number of benzene rings is 2. The molecule has 2 N–H and O–H groups in total. The number of carboxylic acids is 1. The van der Waals surface area contributed by atoms with E-state index in [-0.39, 0.29) is 23.4 Å². The van der Waals surface area contributed by atoms with Gasteiger partial charge in [0.1, 0.15) is 5.54 Å². The van der Waals surface area contributed by atoms with Crippen LogP contribution >= 0.6 is 11.6 Å². The number of carbonyl (C=O) groups is 2. The molecule has 5 nitrogen and oxygen atoms in total. The monoisotopic (exact) mass is 359 g/mol. The molecule has 0 spiro atoms. The third-order valence-corrected chi connectivity index (χ3v) is 4.76. The molecule has 130 valence electrons. The lowest BCUT2D eigenvalue weighted by Crippen LogP contribution is -2.57. The summed E-state index contributed by atoms with van der Waals surface area (Å²) in [6.45, 7) is 0.592. The maximum absolute atomic E-state index is 12.7. The van der Waals surface area contributed by atoms with Gasteiger partial charge < -0.3 is 15.2 Å². The van der Waals surface area contributed by atoms with E-state index in [4.69, 9.17) is 16.3 Å². The molecule has 25 heavy (non-hydrogen) atoms. The summed E-state index contributed by atoms with van der Waals surface area (Å²) in [7, 11) is 0. The van der Waals surface area contributed by atoms with Crippen LogP contribution in [0.25, 0.3) is 11.1 Å². The minimum atomic E-state index is -1.32. The number of carboxylic acid groups (broad SMARTS) is 1. The Kier molecular flexibility index (Phi) is 5.06. The van der Waals surface area contributed by atoms with Gasteiger partial charge in [-0.15, -0.1) is 0 Å². The number of ether oxygens (including phenoxy) is 1. The molecule has 0 aromatic heterocycles. The molecular formula is C19H18ClNO4. The van der Waals surface area contributed by atoms with Crippen molar-refractivity contribution >= 4 is 23.5 Å². The van der Waals surface area contributed by atoms with Crippen molar-refractivity contribution in [1.82, 2.24) is 5.32 Å². The smallest absolute Gasteiger partial charge is 0.329 e. The van der Waals surface area contributed by atoms with E-state index in [1.165, 1.54) is 0 Å². The third kappa shape index (κ3) is 3.67. The molecular weight excluding hydrogens is 342 g/mol. The molecule has 0 radical (unpaired) electrons. The van der Waals surface area contributed by atoms with Gasteiger partial charge in [0.05, 0.1) is 10.6 Å². The summed E-state index contributed by atoms with van der Waals surface area (Å²) in [5.41, 5.74) is 0.732. The number of halogens is 1. The lowest BCUT2D eigenvalue weighted by molar-refractivity contribution is -0.148. The van der Waals surface area contributed by atoms with Gasteiger partial charge in [0, 0.05) is 26.1 Å². The molecule has 0 saturated carbocycles. The van der Waals surface area contributed by atoms with E-state index in [1.807, 2.05) is 36.4 Å².